The summed E-state index contributed by atoms with van der Waals surface area (Å²) in [5.74, 6) is 0. The maximum Gasteiger partial charge on any atom is 0.0465 e. The van der Waals surface area contributed by atoms with E-state index in [1.54, 1.807) is 6.08 Å². The van der Waals surface area contributed by atoms with Crippen molar-refractivity contribution in [2.24, 2.45) is 0 Å². The van der Waals surface area contributed by atoms with Gasteiger partial charge in [-0.15, -0.1) is 0 Å². The number of nitrogens with one attached hydrogen (secondary N) is 1. The number of benzene rings is 8. The third-order valence-electron chi connectivity index (χ3n) is 13.4. The lowest BCUT2D eigenvalue weighted by atomic mass is 9.82. The summed E-state index contributed by atoms with van der Waals surface area (Å²) in [7, 11) is 0. The number of nitrogens with zero attached hydrogens (tertiary/aromatic N) is 1. The summed E-state index contributed by atoms with van der Waals surface area (Å²) in [6.07, 6.45) is 16.6. The Morgan fingerprint density at radius 2 is 1.09 bits per heavy atom. The predicted molar refractivity (Wildman–Crippen MR) is 295 cm³/mol. The second-order valence-corrected chi connectivity index (χ2v) is 18.3. The Labute approximate surface area is 404 Å². The van der Waals surface area contributed by atoms with Gasteiger partial charge in [0.05, 0.1) is 0 Å². The molecule has 10 rings (SSSR count). The van der Waals surface area contributed by atoms with Crippen molar-refractivity contribution >= 4 is 34.0 Å². The van der Waals surface area contributed by atoms with Gasteiger partial charge in [-0.2, -0.15) is 0 Å². The molecule has 0 fully saturated rings. The SMILES string of the molecule is C=C/C=C\C(C)=C/C.Cc1cccc(N(c2ccc(-c3ccc(-c4ccccc4)cc3)cc2)c2ccc3c(c2)C(C)(C)c2cc(Nc4ccc(-c5ccc(C6=CC=CCC6)cc5)cc4)ccc2-3)c1. The van der Waals surface area contributed by atoms with Crippen molar-refractivity contribution in [2.75, 3.05) is 10.2 Å². The predicted octanol–water partition coefficient (Wildman–Crippen LogP) is 18.9. The van der Waals surface area contributed by atoms with E-state index in [9.17, 15) is 0 Å². The molecule has 0 saturated carbocycles. The Morgan fingerprint density at radius 3 is 1.68 bits per heavy atom. The highest BCUT2D eigenvalue weighted by Gasteiger charge is 2.36. The van der Waals surface area contributed by atoms with Crippen molar-refractivity contribution < 1.29 is 0 Å². The van der Waals surface area contributed by atoms with E-state index in [0.717, 1.165) is 41.3 Å². The summed E-state index contributed by atoms with van der Waals surface area (Å²) in [5, 5.41) is 3.71. The van der Waals surface area contributed by atoms with Gasteiger partial charge in [-0.1, -0.05) is 196 Å². The van der Waals surface area contributed by atoms with Gasteiger partial charge in [0.25, 0.3) is 0 Å². The fourth-order valence-electron chi connectivity index (χ4n) is 9.39. The molecule has 0 bridgehead atoms. The number of aryl methyl sites for hydroxylation is 1. The van der Waals surface area contributed by atoms with Crippen LogP contribution in [0.4, 0.5) is 28.4 Å². The molecule has 1 N–H and O–H groups in total. The molecule has 0 aliphatic heterocycles. The van der Waals surface area contributed by atoms with Gasteiger partial charge in [-0.3, -0.25) is 0 Å². The van der Waals surface area contributed by atoms with Crippen molar-refractivity contribution in [3.63, 3.8) is 0 Å². The summed E-state index contributed by atoms with van der Waals surface area (Å²) in [4.78, 5) is 2.39. The van der Waals surface area contributed by atoms with Crippen molar-refractivity contribution in [3.8, 4) is 44.5 Å². The molecule has 0 heterocycles. The van der Waals surface area contributed by atoms with Crippen molar-refractivity contribution in [2.45, 2.75) is 52.9 Å². The molecule has 68 heavy (non-hydrogen) atoms. The van der Waals surface area contributed by atoms with Crippen LogP contribution in [-0.4, -0.2) is 0 Å². The average molecular weight is 881 g/mol. The van der Waals surface area contributed by atoms with Gasteiger partial charge >= 0.3 is 0 Å². The van der Waals surface area contributed by atoms with Crippen LogP contribution < -0.4 is 10.2 Å². The van der Waals surface area contributed by atoms with Gasteiger partial charge in [-0.25, -0.2) is 0 Å². The Kier molecular flexibility index (Phi) is 13.5. The topological polar surface area (TPSA) is 15.3 Å². The van der Waals surface area contributed by atoms with E-state index in [1.165, 1.54) is 77.9 Å². The maximum absolute atomic E-state index is 3.71. The zero-order valence-corrected chi connectivity index (χ0v) is 40.0. The smallest absolute Gasteiger partial charge is 0.0465 e. The minimum absolute atomic E-state index is 0.188. The van der Waals surface area contributed by atoms with Crippen molar-refractivity contribution in [3.05, 3.63) is 265 Å². The maximum atomic E-state index is 3.71. The van der Waals surface area contributed by atoms with Crippen LogP contribution in [0.2, 0.25) is 0 Å². The monoisotopic (exact) mass is 880 g/mol. The number of allylic oxidation sites excluding steroid dienone is 9. The largest absolute Gasteiger partial charge is 0.356 e. The highest BCUT2D eigenvalue weighted by molar-refractivity contribution is 5.87. The third kappa shape index (κ3) is 9.92. The second kappa shape index (κ2) is 20.3. The van der Waals surface area contributed by atoms with E-state index in [1.807, 2.05) is 19.1 Å². The summed E-state index contributed by atoms with van der Waals surface area (Å²) in [5.41, 5.74) is 23.2. The standard InChI is InChI=1S/C58H48N2.C8H12/c1-40-11-10-16-52(37-40)60(51-32-27-48(28-33-51)46-23-19-44(20-24-46)42-14-8-5-9-15-42)53-34-36-55-54-35-31-50(38-56(54)58(2,3)57(55)39-53)59-49-29-25-47(26-30-49)45-21-17-43(18-22-45)41-12-6-4-7-13-41;1-4-6-7-8(3)5-2/h4-6,8-12,14-39,59H,7,13H2,1-3H3;4-7H,1H2,2-3H3/b;7-6-,8-5-. The van der Waals surface area contributed by atoms with E-state index in [-0.39, 0.29) is 5.41 Å². The number of hydrogen-bond acceptors (Lipinski definition) is 2. The summed E-state index contributed by atoms with van der Waals surface area (Å²) in [6, 6.07) is 68.9. The Balaban J connectivity index is 0.000000664. The van der Waals surface area contributed by atoms with Gasteiger partial charge in [-0.05, 0) is 167 Å². The lowest BCUT2D eigenvalue weighted by Gasteiger charge is -2.28. The highest BCUT2D eigenvalue weighted by atomic mass is 15.1. The molecule has 8 aromatic rings. The molecule has 8 aromatic carbocycles. The molecular formula is C66H60N2. The molecule has 0 amide bonds. The zero-order valence-electron chi connectivity index (χ0n) is 40.0. The van der Waals surface area contributed by atoms with E-state index in [2.05, 4.69) is 257 Å². The van der Waals surface area contributed by atoms with E-state index >= 15 is 0 Å². The number of rotatable bonds is 11. The molecule has 0 radical (unpaired) electrons. The quantitative estimate of drug-likeness (QED) is 0.130. The van der Waals surface area contributed by atoms with Crippen LogP contribution >= 0.6 is 0 Å². The molecule has 0 unspecified atom stereocenters. The summed E-state index contributed by atoms with van der Waals surface area (Å²) < 4.78 is 0. The molecule has 2 heteroatoms. The average Bonchev–Trinajstić information content (AvgIpc) is 3.61. The van der Waals surface area contributed by atoms with Crippen LogP contribution in [0.15, 0.2) is 243 Å². The van der Waals surface area contributed by atoms with Gasteiger partial charge in [0, 0.05) is 33.9 Å². The molecule has 2 aliphatic carbocycles. The molecule has 0 aromatic heterocycles. The number of anilines is 5. The highest BCUT2D eigenvalue weighted by Crippen LogP contribution is 2.51. The van der Waals surface area contributed by atoms with Crippen LogP contribution in [0, 0.1) is 6.92 Å². The lowest BCUT2D eigenvalue weighted by Crippen LogP contribution is -2.17. The molecule has 2 aliphatic rings. The minimum atomic E-state index is -0.188. The Morgan fingerprint density at radius 1 is 0.559 bits per heavy atom. The fraction of sp³-hybridized carbons (Fsp3) is 0.121. The molecule has 0 atom stereocenters. The zero-order chi connectivity index (χ0) is 47.0. The minimum Gasteiger partial charge on any atom is -0.356 e. The molecule has 334 valence electrons. The molecule has 2 nitrogen and oxygen atoms in total. The van der Waals surface area contributed by atoms with Crippen LogP contribution in [0.3, 0.4) is 0 Å². The normalized spacial score (nSPS) is 13.5. The number of fused-ring (bicyclic) bond motifs is 3. The van der Waals surface area contributed by atoms with Crippen LogP contribution in [0.1, 0.15) is 62.8 Å². The Hall–Kier alpha value is -7.94. The van der Waals surface area contributed by atoms with Crippen molar-refractivity contribution in [1.82, 2.24) is 0 Å². The van der Waals surface area contributed by atoms with E-state index in [0.29, 0.717) is 0 Å². The van der Waals surface area contributed by atoms with Crippen LogP contribution in [-0.2, 0) is 5.41 Å². The Bertz CT molecular complexity index is 3160. The number of hydrogen-bond donors (Lipinski definition) is 1. The van der Waals surface area contributed by atoms with Crippen LogP contribution in [0.25, 0.3) is 50.1 Å². The van der Waals surface area contributed by atoms with E-state index < -0.39 is 0 Å². The van der Waals surface area contributed by atoms with E-state index in [4.69, 9.17) is 0 Å². The first-order chi connectivity index (χ1) is 33.2. The first kappa shape index (κ1) is 45.2. The fourth-order valence-corrected chi connectivity index (χ4v) is 9.39. The first-order valence-electron chi connectivity index (χ1n) is 23.9. The molecule has 0 saturated heterocycles. The summed E-state index contributed by atoms with van der Waals surface area (Å²) >= 11 is 0. The molecule has 0 spiro atoms. The second-order valence-electron chi connectivity index (χ2n) is 18.3. The third-order valence-corrected chi connectivity index (χ3v) is 13.4. The van der Waals surface area contributed by atoms with Crippen LogP contribution in [0.5, 0.6) is 0 Å². The first-order valence-corrected chi connectivity index (χ1v) is 23.9. The van der Waals surface area contributed by atoms with Crippen molar-refractivity contribution in [1.29, 1.82) is 0 Å². The van der Waals surface area contributed by atoms with Gasteiger partial charge < -0.3 is 10.2 Å². The lowest BCUT2D eigenvalue weighted by molar-refractivity contribution is 0.660. The summed E-state index contributed by atoms with van der Waals surface area (Å²) in [6.45, 7) is 14.5. The van der Waals surface area contributed by atoms with Gasteiger partial charge in [0.1, 0.15) is 0 Å². The molecular weight excluding hydrogens is 821 g/mol. The van der Waals surface area contributed by atoms with Gasteiger partial charge in [0.15, 0.2) is 0 Å². The van der Waals surface area contributed by atoms with Gasteiger partial charge in [0.2, 0.25) is 0 Å².